The average molecular weight is 237 g/mol. The largest absolute Gasteiger partial charge is 0.444 e. The van der Waals surface area contributed by atoms with Crippen LogP contribution >= 0.6 is 0 Å². The quantitative estimate of drug-likeness (QED) is 0.831. The van der Waals surface area contributed by atoms with Crippen LogP contribution in [0.2, 0.25) is 0 Å². The first-order valence-corrected chi connectivity index (χ1v) is 6.13. The van der Waals surface area contributed by atoms with E-state index in [-0.39, 0.29) is 18.0 Å². The van der Waals surface area contributed by atoms with Gasteiger partial charge in [0.15, 0.2) is 0 Å². The number of hydrogen-bond donors (Lipinski definition) is 2. The van der Waals surface area contributed by atoms with Crippen LogP contribution in [0, 0.1) is 6.92 Å². The van der Waals surface area contributed by atoms with E-state index in [1.165, 1.54) is 0 Å². The van der Waals surface area contributed by atoms with Crippen molar-refractivity contribution in [3.63, 3.8) is 0 Å². The van der Waals surface area contributed by atoms with Gasteiger partial charge < -0.3 is 9.73 Å². The van der Waals surface area contributed by atoms with Crippen LogP contribution in [-0.4, -0.2) is 23.5 Å². The molecule has 17 heavy (non-hydrogen) atoms. The van der Waals surface area contributed by atoms with Crippen LogP contribution in [0.15, 0.2) is 10.6 Å². The maximum atomic E-state index is 11.8. The predicted molar refractivity (Wildman–Crippen MR) is 63.4 cm³/mol. The van der Waals surface area contributed by atoms with Gasteiger partial charge in [0.2, 0.25) is 11.8 Å². The summed E-state index contributed by atoms with van der Waals surface area (Å²) in [5, 5.41) is 6.17. The fraction of sp³-hybridized carbons (Fsp3) is 0.667. The summed E-state index contributed by atoms with van der Waals surface area (Å²) < 4.78 is 5.45. The SMILES string of the molecule is Cc1cnc(C(C)NC2CCCCNC2=O)o1. The molecule has 0 aromatic carbocycles. The van der Waals surface area contributed by atoms with Crippen LogP contribution < -0.4 is 10.6 Å². The number of rotatable bonds is 3. The van der Waals surface area contributed by atoms with E-state index in [0.717, 1.165) is 31.6 Å². The summed E-state index contributed by atoms with van der Waals surface area (Å²) in [6, 6.07) is -0.183. The number of aromatic nitrogens is 1. The van der Waals surface area contributed by atoms with Gasteiger partial charge in [0.1, 0.15) is 5.76 Å². The Kier molecular flexibility index (Phi) is 3.78. The highest BCUT2D eigenvalue weighted by Crippen LogP contribution is 2.15. The van der Waals surface area contributed by atoms with Gasteiger partial charge in [-0.3, -0.25) is 10.1 Å². The topological polar surface area (TPSA) is 67.2 Å². The number of carbonyl (C=O) groups is 1. The van der Waals surface area contributed by atoms with Gasteiger partial charge in [-0.2, -0.15) is 0 Å². The first kappa shape index (κ1) is 12.1. The summed E-state index contributed by atoms with van der Waals surface area (Å²) in [5.41, 5.74) is 0. The van der Waals surface area contributed by atoms with E-state index in [9.17, 15) is 4.79 Å². The standard InChI is InChI=1S/C12H19N3O2/c1-8-7-14-12(17-8)9(2)15-10-5-3-4-6-13-11(10)16/h7,9-10,15H,3-6H2,1-2H3,(H,13,16). The molecule has 2 rings (SSSR count). The molecule has 0 spiro atoms. The molecule has 0 bridgehead atoms. The van der Waals surface area contributed by atoms with Gasteiger partial charge in [0.25, 0.3) is 0 Å². The Hall–Kier alpha value is -1.36. The third-order valence-corrected chi connectivity index (χ3v) is 3.00. The van der Waals surface area contributed by atoms with E-state index in [0.29, 0.717) is 5.89 Å². The first-order valence-electron chi connectivity index (χ1n) is 6.13. The highest BCUT2D eigenvalue weighted by atomic mass is 16.4. The third kappa shape index (κ3) is 3.06. The number of nitrogens with one attached hydrogen (secondary N) is 2. The fourth-order valence-electron chi connectivity index (χ4n) is 2.04. The molecule has 5 heteroatoms. The second kappa shape index (κ2) is 5.31. The summed E-state index contributed by atoms with van der Waals surface area (Å²) in [5.74, 6) is 1.51. The van der Waals surface area contributed by atoms with Gasteiger partial charge in [-0.05, 0) is 33.1 Å². The summed E-state index contributed by atoms with van der Waals surface area (Å²) in [4.78, 5) is 15.9. The van der Waals surface area contributed by atoms with Crippen molar-refractivity contribution in [1.29, 1.82) is 0 Å². The number of nitrogens with zero attached hydrogens (tertiary/aromatic N) is 1. The molecule has 94 valence electrons. The van der Waals surface area contributed by atoms with E-state index < -0.39 is 0 Å². The Morgan fingerprint density at radius 1 is 1.59 bits per heavy atom. The lowest BCUT2D eigenvalue weighted by molar-refractivity contribution is -0.123. The molecule has 2 unspecified atom stereocenters. The van der Waals surface area contributed by atoms with E-state index >= 15 is 0 Å². The van der Waals surface area contributed by atoms with Crippen LogP contribution in [0.4, 0.5) is 0 Å². The molecule has 1 fully saturated rings. The Bertz CT molecular complexity index is 389. The lowest BCUT2D eigenvalue weighted by atomic mass is 10.1. The molecule has 0 radical (unpaired) electrons. The molecule has 2 atom stereocenters. The van der Waals surface area contributed by atoms with Crippen molar-refractivity contribution >= 4 is 5.91 Å². The number of oxazole rings is 1. The number of aryl methyl sites for hydroxylation is 1. The van der Waals surface area contributed by atoms with Crippen LogP contribution in [0.3, 0.4) is 0 Å². The molecule has 5 nitrogen and oxygen atoms in total. The molecular weight excluding hydrogens is 218 g/mol. The van der Waals surface area contributed by atoms with E-state index in [1.54, 1.807) is 6.20 Å². The van der Waals surface area contributed by atoms with Crippen LogP contribution in [0.5, 0.6) is 0 Å². The molecule has 1 aromatic rings. The van der Waals surface area contributed by atoms with Gasteiger partial charge in [0, 0.05) is 6.54 Å². The summed E-state index contributed by atoms with van der Waals surface area (Å²) in [6.45, 7) is 4.61. The number of hydrogen-bond acceptors (Lipinski definition) is 4. The minimum absolute atomic E-state index is 0.0439. The molecule has 1 aromatic heterocycles. The predicted octanol–water partition coefficient (Wildman–Crippen LogP) is 1.30. The van der Waals surface area contributed by atoms with Crippen LogP contribution in [0.25, 0.3) is 0 Å². The molecular formula is C12H19N3O2. The summed E-state index contributed by atoms with van der Waals surface area (Å²) in [7, 11) is 0. The van der Waals surface area contributed by atoms with Crippen molar-refractivity contribution in [2.45, 2.75) is 45.2 Å². The molecule has 1 aliphatic heterocycles. The van der Waals surface area contributed by atoms with Crippen LogP contribution in [-0.2, 0) is 4.79 Å². The van der Waals surface area contributed by atoms with Gasteiger partial charge in [0.05, 0.1) is 18.3 Å². The minimum atomic E-state index is -0.139. The number of amides is 1. The Morgan fingerprint density at radius 2 is 2.41 bits per heavy atom. The zero-order valence-corrected chi connectivity index (χ0v) is 10.3. The molecule has 1 aliphatic rings. The zero-order valence-electron chi connectivity index (χ0n) is 10.3. The van der Waals surface area contributed by atoms with Crippen LogP contribution in [0.1, 0.15) is 43.9 Å². The zero-order chi connectivity index (χ0) is 12.3. The summed E-state index contributed by atoms with van der Waals surface area (Å²) >= 11 is 0. The van der Waals surface area contributed by atoms with Gasteiger partial charge in [-0.15, -0.1) is 0 Å². The van der Waals surface area contributed by atoms with E-state index in [4.69, 9.17) is 4.42 Å². The Morgan fingerprint density at radius 3 is 3.12 bits per heavy atom. The van der Waals surface area contributed by atoms with E-state index in [1.807, 2.05) is 13.8 Å². The molecule has 1 amide bonds. The minimum Gasteiger partial charge on any atom is -0.444 e. The van der Waals surface area contributed by atoms with Crippen molar-refractivity contribution in [2.75, 3.05) is 6.54 Å². The fourth-order valence-corrected chi connectivity index (χ4v) is 2.04. The molecule has 2 N–H and O–H groups in total. The van der Waals surface area contributed by atoms with Crippen molar-refractivity contribution in [3.8, 4) is 0 Å². The molecule has 0 aliphatic carbocycles. The first-order chi connectivity index (χ1) is 8.16. The highest BCUT2D eigenvalue weighted by Gasteiger charge is 2.23. The van der Waals surface area contributed by atoms with Gasteiger partial charge in [-0.1, -0.05) is 0 Å². The van der Waals surface area contributed by atoms with Gasteiger partial charge >= 0.3 is 0 Å². The smallest absolute Gasteiger partial charge is 0.237 e. The normalized spacial score (nSPS) is 22.9. The monoisotopic (exact) mass is 237 g/mol. The number of carbonyl (C=O) groups excluding carboxylic acids is 1. The van der Waals surface area contributed by atoms with E-state index in [2.05, 4.69) is 15.6 Å². The second-order valence-electron chi connectivity index (χ2n) is 4.54. The second-order valence-corrected chi connectivity index (χ2v) is 4.54. The lowest BCUT2D eigenvalue weighted by Crippen LogP contribution is -2.43. The maximum absolute atomic E-state index is 11.8. The average Bonchev–Trinajstić information content (AvgIpc) is 2.63. The van der Waals surface area contributed by atoms with Crippen molar-refractivity contribution in [1.82, 2.24) is 15.6 Å². The van der Waals surface area contributed by atoms with Crippen molar-refractivity contribution in [3.05, 3.63) is 17.8 Å². The summed E-state index contributed by atoms with van der Waals surface area (Å²) in [6.07, 6.45) is 4.68. The highest BCUT2D eigenvalue weighted by molar-refractivity contribution is 5.81. The Labute approximate surface area is 101 Å². The van der Waals surface area contributed by atoms with Gasteiger partial charge in [-0.25, -0.2) is 4.98 Å². The third-order valence-electron chi connectivity index (χ3n) is 3.00. The maximum Gasteiger partial charge on any atom is 0.237 e. The molecule has 1 saturated heterocycles. The van der Waals surface area contributed by atoms with Crippen molar-refractivity contribution < 1.29 is 9.21 Å². The molecule has 2 heterocycles. The molecule has 0 saturated carbocycles. The Balaban J connectivity index is 1.97. The lowest BCUT2D eigenvalue weighted by Gasteiger charge is -2.18. The van der Waals surface area contributed by atoms with Crippen molar-refractivity contribution in [2.24, 2.45) is 0 Å².